The quantitative estimate of drug-likeness (QED) is 0.504. The summed E-state index contributed by atoms with van der Waals surface area (Å²) in [5.41, 5.74) is 1.54. The number of carbonyl (C=O) groups is 1. The van der Waals surface area contributed by atoms with Gasteiger partial charge in [0.2, 0.25) is 0 Å². The van der Waals surface area contributed by atoms with E-state index in [2.05, 4.69) is 0 Å². The van der Waals surface area contributed by atoms with E-state index < -0.39 is 5.97 Å². The summed E-state index contributed by atoms with van der Waals surface area (Å²) in [4.78, 5) is 11.8. The molecule has 0 atom stereocenters. The minimum Gasteiger partial charge on any atom is -0.493 e. The summed E-state index contributed by atoms with van der Waals surface area (Å²) >= 11 is 0. The van der Waals surface area contributed by atoms with Crippen LogP contribution in [0.1, 0.15) is 11.1 Å². The van der Waals surface area contributed by atoms with Crippen molar-refractivity contribution in [3.05, 3.63) is 59.7 Å². The Labute approximate surface area is 134 Å². The van der Waals surface area contributed by atoms with Crippen molar-refractivity contribution in [1.82, 2.24) is 0 Å². The zero-order valence-electron chi connectivity index (χ0n) is 13.0. The second kappa shape index (κ2) is 8.00. The summed E-state index contributed by atoms with van der Waals surface area (Å²) in [7, 11) is 3.11. The molecule has 0 aliphatic carbocycles. The van der Waals surface area contributed by atoms with Gasteiger partial charge in [0, 0.05) is 6.08 Å². The van der Waals surface area contributed by atoms with Gasteiger partial charge in [0.1, 0.15) is 5.75 Å². The third-order valence-electron chi connectivity index (χ3n) is 3.14. The first-order valence-electron chi connectivity index (χ1n) is 6.98. The number of esters is 1. The molecule has 2 rings (SSSR count). The minimum absolute atomic E-state index is 0.0482. The molecule has 0 heterocycles. The van der Waals surface area contributed by atoms with Crippen molar-refractivity contribution >= 4 is 12.0 Å². The number of aliphatic hydroxyl groups excluding tert-OH is 1. The summed E-state index contributed by atoms with van der Waals surface area (Å²) in [6.07, 6.45) is 2.97. The highest BCUT2D eigenvalue weighted by Gasteiger charge is 2.04. The van der Waals surface area contributed by atoms with Crippen LogP contribution in [0.5, 0.6) is 17.2 Å². The third-order valence-corrected chi connectivity index (χ3v) is 3.14. The molecule has 0 aliphatic rings. The first-order chi connectivity index (χ1) is 11.2. The zero-order valence-corrected chi connectivity index (χ0v) is 13.0. The second-order valence-corrected chi connectivity index (χ2v) is 4.67. The fourth-order valence-corrected chi connectivity index (χ4v) is 1.93. The Morgan fingerprint density at radius 3 is 2.35 bits per heavy atom. The smallest absolute Gasteiger partial charge is 0.336 e. The van der Waals surface area contributed by atoms with Crippen molar-refractivity contribution < 1.29 is 24.1 Å². The largest absolute Gasteiger partial charge is 0.493 e. The number of rotatable bonds is 6. The molecule has 0 spiro atoms. The molecule has 0 radical (unpaired) electrons. The van der Waals surface area contributed by atoms with E-state index in [1.807, 2.05) is 0 Å². The molecule has 0 amide bonds. The van der Waals surface area contributed by atoms with Crippen LogP contribution in [0.2, 0.25) is 0 Å². The first kappa shape index (κ1) is 16.6. The van der Waals surface area contributed by atoms with Crippen LogP contribution in [-0.4, -0.2) is 25.3 Å². The Hall–Kier alpha value is -2.79. The average Bonchev–Trinajstić information content (AvgIpc) is 2.60. The number of aliphatic hydroxyl groups is 1. The fourth-order valence-electron chi connectivity index (χ4n) is 1.93. The molecular formula is C18H18O5. The maximum atomic E-state index is 11.8. The van der Waals surface area contributed by atoms with Gasteiger partial charge in [-0.05, 0) is 41.5 Å². The van der Waals surface area contributed by atoms with Crippen LogP contribution in [0, 0.1) is 0 Å². The number of ether oxygens (including phenoxy) is 3. The fraction of sp³-hybridized carbons (Fsp3) is 0.167. The maximum absolute atomic E-state index is 11.8. The Kier molecular flexibility index (Phi) is 5.77. The number of methoxy groups -OCH3 is 2. The number of carbonyl (C=O) groups excluding carboxylic acids is 1. The Balaban J connectivity index is 2.02. The molecule has 23 heavy (non-hydrogen) atoms. The monoisotopic (exact) mass is 314 g/mol. The van der Waals surface area contributed by atoms with Gasteiger partial charge in [-0.1, -0.05) is 18.2 Å². The van der Waals surface area contributed by atoms with Crippen molar-refractivity contribution in [2.24, 2.45) is 0 Å². The molecule has 5 nitrogen and oxygen atoms in total. The van der Waals surface area contributed by atoms with E-state index in [0.29, 0.717) is 17.2 Å². The highest BCUT2D eigenvalue weighted by atomic mass is 16.5. The van der Waals surface area contributed by atoms with E-state index in [4.69, 9.17) is 19.3 Å². The summed E-state index contributed by atoms with van der Waals surface area (Å²) in [5.74, 6) is 1.14. The molecule has 2 aromatic rings. The standard InChI is InChI=1S/C18H18O5/c1-21-16-9-5-13(11-17(16)22-2)6-10-18(20)23-15-7-3-14(12-19)4-8-15/h3-11,19H,12H2,1-2H3. The van der Waals surface area contributed by atoms with Crippen molar-refractivity contribution in [2.75, 3.05) is 14.2 Å². The normalized spacial score (nSPS) is 10.6. The SMILES string of the molecule is COc1ccc(C=CC(=O)Oc2ccc(CO)cc2)cc1OC. The molecule has 120 valence electrons. The highest BCUT2D eigenvalue weighted by Crippen LogP contribution is 2.28. The lowest BCUT2D eigenvalue weighted by Crippen LogP contribution is -2.03. The lowest BCUT2D eigenvalue weighted by molar-refractivity contribution is -0.128. The topological polar surface area (TPSA) is 65.0 Å². The Bertz CT molecular complexity index is 689. The van der Waals surface area contributed by atoms with Crippen LogP contribution in [-0.2, 0) is 11.4 Å². The second-order valence-electron chi connectivity index (χ2n) is 4.67. The van der Waals surface area contributed by atoms with Crippen LogP contribution >= 0.6 is 0 Å². The van der Waals surface area contributed by atoms with E-state index >= 15 is 0 Å². The van der Waals surface area contributed by atoms with Gasteiger partial charge >= 0.3 is 5.97 Å². The van der Waals surface area contributed by atoms with Crippen LogP contribution in [0.15, 0.2) is 48.5 Å². The van der Waals surface area contributed by atoms with E-state index in [-0.39, 0.29) is 6.61 Å². The molecule has 0 aliphatic heterocycles. The van der Waals surface area contributed by atoms with E-state index in [0.717, 1.165) is 11.1 Å². The average molecular weight is 314 g/mol. The lowest BCUT2D eigenvalue weighted by Gasteiger charge is -2.07. The van der Waals surface area contributed by atoms with Crippen molar-refractivity contribution in [2.45, 2.75) is 6.61 Å². The minimum atomic E-state index is -0.489. The molecule has 0 bridgehead atoms. The summed E-state index contributed by atoms with van der Waals surface area (Å²) in [6.45, 7) is -0.0482. The van der Waals surface area contributed by atoms with Gasteiger partial charge in [-0.2, -0.15) is 0 Å². The molecule has 0 saturated carbocycles. The summed E-state index contributed by atoms with van der Waals surface area (Å²) in [6, 6.07) is 12.0. The molecule has 0 saturated heterocycles. The highest BCUT2D eigenvalue weighted by molar-refractivity contribution is 5.88. The Morgan fingerprint density at radius 1 is 1.04 bits per heavy atom. The molecule has 2 aromatic carbocycles. The van der Waals surface area contributed by atoms with Gasteiger partial charge in [-0.15, -0.1) is 0 Å². The van der Waals surface area contributed by atoms with Gasteiger partial charge in [0.05, 0.1) is 20.8 Å². The Morgan fingerprint density at radius 2 is 1.74 bits per heavy atom. The molecule has 0 fully saturated rings. The van der Waals surface area contributed by atoms with Gasteiger partial charge in [-0.3, -0.25) is 0 Å². The van der Waals surface area contributed by atoms with Gasteiger partial charge < -0.3 is 19.3 Å². The van der Waals surface area contributed by atoms with Crippen molar-refractivity contribution in [1.29, 1.82) is 0 Å². The predicted molar refractivity (Wildman–Crippen MR) is 86.6 cm³/mol. The lowest BCUT2D eigenvalue weighted by atomic mass is 10.2. The number of benzene rings is 2. The predicted octanol–water partition coefficient (Wildman–Crippen LogP) is 2.81. The maximum Gasteiger partial charge on any atom is 0.336 e. The number of hydrogen-bond acceptors (Lipinski definition) is 5. The van der Waals surface area contributed by atoms with Crippen molar-refractivity contribution in [3.8, 4) is 17.2 Å². The van der Waals surface area contributed by atoms with Crippen LogP contribution in [0.25, 0.3) is 6.08 Å². The molecule has 1 N–H and O–H groups in total. The van der Waals surface area contributed by atoms with Crippen molar-refractivity contribution in [3.63, 3.8) is 0 Å². The third kappa shape index (κ3) is 4.59. The molecule has 0 unspecified atom stereocenters. The molecule has 5 heteroatoms. The zero-order chi connectivity index (χ0) is 16.7. The summed E-state index contributed by atoms with van der Waals surface area (Å²) < 4.78 is 15.5. The molecule has 0 aromatic heterocycles. The summed E-state index contributed by atoms with van der Waals surface area (Å²) in [5, 5.41) is 8.96. The first-order valence-corrected chi connectivity index (χ1v) is 6.98. The van der Waals surface area contributed by atoms with Crippen LogP contribution in [0.3, 0.4) is 0 Å². The van der Waals surface area contributed by atoms with Gasteiger partial charge in [0.15, 0.2) is 11.5 Å². The molecular weight excluding hydrogens is 296 g/mol. The van der Waals surface area contributed by atoms with Crippen LogP contribution in [0.4, 0.5) is 0 Å². The number of hydrogen-bond donors (Lipinski definition) is 1. The van der Waals surface area contributed by atoms with E-state index in [9.17, 15) is 4.79 Å². The van der Waals surface area contributed by atoms with E-state index in [1.165, 1.54) is 6.08 Å². The van der Waals surface area contributed by atoms with E-state index in [1.54, 1.807) is 62.8 Å². The van der Waals surface area contributed by atoms with Crippen LogP contribution < -0.4 is 14.2 Å². The van der Waals surface area contributed by atoms with Gasteiger partial charge in [0.25, 0.3) is 0 Å². The van der Waals surface area contributed by atoms with Gasteiger partial charge in [-0.25, -0.2) is 4.79 Å².